The average molecular weight is 415 g/mol. The van der Waals surface area contributed by atoms with Crippen LogP contribution in [0.5, 0.6) is 0 Å². The maximum Gasteiger partial charge on any atom is 0.407 e. The highest BCUT2D eigenvalue weighted by molar-refractivity contribution is 9.10. The third-order valence-corrected chi connectivity index (χ3v) is 4.59. The van der Waals surface area contributed by atoms with Gasteiger partial charge in [-0.15, -0.1) is 0 Å². The van der Waals surface area contributed by atoms with Gasteiger partial charge in [-0.3, -0.25) is 4.79 Å². The number of alkyl carbamates (subject to hydrolysis) is 1. The molecule has 1 N–H and O–H groups in total. The highest BCUT2D eigenvalue weighted by atomic mass is 79.9. The summed E-state index contributed by atoms with van der Waals surface area (Å²) < 4.78 is 19.0. The minimum atomic E-state index is -0.552. The van der Waals surface area contributed by atoms with Crippen molar-refractivity contribution in [2.24, 2.45) is 0 Å². The highest BCUT2D eigenvalue weighted by Gasteiger charge is 2.26. The smallest absolute Gasteiger partial charge is 0.407 e. The van der Waals surface area contributed by atoms with E-state index in [-0.39, 0.29) is 24.2 Å². The van der Waals surface area contributed by atoms with Gasteiger partial charge in [0, 0.05) is 23.6 Å². The van der Waals surface area contributed by atoms with Gasteiger partial charge in [-0.05, 0) is 51.3 Å². The van der Waals surface area contributed by atoms with Crippen LogP contribution < -0.4 is 5.32 Å². The SMILES string of the molecule is CC(C)(C)OC(=O)N[C@@H]1CCCN(C(=O)Cc2ccc(F)cc2Br)C1. The summed E-state index contributed by atoms with van der Waals surface area (Å²) in [5.74, 6) is -0.384. The first-order valence-electron chi connectivity index (χ1n) is 8.35. The summed E-state index contributed by atoms with van der Waals surface area (Å²) in [5.41, 5.74) is 0.192. The van der Waals surface area contributed by atoms with E-state index in [2.05, 4.69) is 21.2 Å². The second-order valence-electron chi connectivity index (χ2n) is 7.24. The zero-order chi connectivity index (χ0) is 18.6. The van der Waals surface area contributed by atoms with E-state index < -0.39 is 11.7 Å². The van der Waals surface area contributed by atoms with Crippen LogP contribution >= 0.6 is 15.9 Å². The van der Waals surface area contributed by atoms with E-state index in [0.29, 0.717) is 17.6 Å². The molecular formula is C18H24BrFN2O3. The number of hydrogen-bond donors (Lipinski definition) is 1. The van der Waals surface area contributed by atoms with Gasteiger partial charge in [0.05, 0.1) is 6.42 Å². The number of hydrogen-bond acceptors (Lipinski definition) is 3. The normalized spacial score (nSPS) is 18.0. The summed E-state index contributed by atoms with van der Waals surface area (Å²) >= 11 is 3.29. The molecule has 1 heterocycles. The van der Waals surface area contributed by atoms with Gasteiger partial charge in [-0.1, -0.05) is 22.0 Å². The lowest BCUT2D eigenvalue weighted by Crippen LogP contribution is -2.50. The molecule has 5 nitrogen and oxygen atoms in total. The molecule has 1 aliphatic heterocycles. The number of piperidine rings is 1. The average Bonchev–Trinajstić information content (AvgIpc) is 2.48. The number of halogens is 2. The summed E-state index contributed by atoms with van der Waals surface area (Å²) in [7, 11) is 0. The molecule has 1 aromatic rings. The minimum Gasteiger partial charge on any atom is -0.444 e. The van der Waals surface area contributed by atoms with E-state index in [0.717, 1.165) is 18.4 Å². The van der Waals surface area contributed by atoms with Crippen molar-refractivity contribution >= 4 is 27.9 Å². The predicted octanol–water partition coefficient (Wildman–Crippen LogP) is 3.65. The van der Waals surface area contributed by atoms with Crippen LogP contribution in [0.1, 0.15) is 39.2 Å². The molecule has 1 atom stereocenters. The van der Waals surface area contributed by atoms with Crippen molar-refractivity contribution in [2.75, 3.05) is 13.1 Å². The van der Waals surface area contributed by atoms with Crippen LogP contribution in [0.3, 0.4) is 0 Å². The van der Waals surface area contributed by atoms with E-state index in [9.17, 15) is 14.0 Å². The fourth-order valence-corrected chi connectivity index (χ4v) is 3.23. The standard InChI is InChI=1S/C18H24BrFN2O3/c1-18(2,3)25-17(24)21-14-5-4-8-22(11-14)16(23)9-12-6-7-13(20)10-15(12)19/h6-7,10,14H,4-5,8-9,11H2,1-3H3,(H,21,24)/t14-/m1/s1. The molecule has 0 spiro atoms. The van der Waals surface area contributed by atoms with Crippen LogP contribution in [-0.2, 0) is 16.0 Å². The first-order chi connectivity index (χ1) is 11.6. The van der Waals surface area contributed by atoms with Gasteiger partial charge in [-0.25, -0.2) is 9.18 Å². The lowest BCUT2D eigenvalue weighted by atomic mass is 10.0. The second-order valence-corrected chi connectivity index (χ2v) is 8.09. The fourth-order valence-electron chi connectivity index (χ4n) is 2.74. The van der Waals surface area contributed by atoms with Crippen molar-refractivity contribution in [3.63, 3.8) is 0 Å². The Kier molecular flexibility index (Phi) is 6.43. The Balaban J connectivity index is 1.91. The van der Waals surface area contributed by atoms with E-state index in [1.54, 1.807) is 11.0 Å². The molecule has 2 amide bonds. The van der Waals surface area contributed by atoms with Crippen LogP contribution in [-0.4, -0.2) is 41.6 Å². The van der Waals surface area contributed by atoms with Crippen LogP contribution in [0, 0.1) is 5.82 Å². The summed E-state index contributed by atoms with van der Waals surface area (Å²) in [4.78, 5) is 26.2. The van der Waals surface area contributed by atoms with Crippen LogP contribution in [0.2, 0.25) is 0 Å². The number of carbonyl (C=O) groups is 2. The third kappa shape index (κ3) is 6.30. The van der Waals surface area contributed by atoms with Crippen molar-refractivity contribution in [3.8, 4) is 0 Å². The van der Waals surface area contributed by atoms with Crippen molar-refractivity contribution in [1.82, 2.24) is 10.2 Å². The van der Waals surface area contributed by atoms with E-state index in [1.807, 2.05) is 20.8 Å². The third-order valence-electron chi connectivity index (χ3n) is 3.85. The van der Waals surface area contributed by atoms with Gasteiger partial charge in [0.1, 0.15) is 11.4 Å². The Morgan fingerprint density at radius 1 is 1.40 bits per heavy atom. The number of carbonyl (C=O) groups excluding carboxylic acids is 2. The Morgan fingerprint density at radius 3 is 2.76 bits per heavy atom. The molecule has 1 aliphatic rings. The van der Waals surface area contributed by atoms with Crippen molar-refractivity contribution in [1.29, 1.82) is 0 Å². The molecule has 0 aromatic heterocycles. The van der Waals surface area contributed by atoms with Gasteiger partial charge < -0.3 is 15.0 Å². The lowest BCUT2D eigenvalue weighted by molar-refractivity contribution is -0.131. The molecule has 138 valence electrons. The molecule has 0 saturated carbocycles. The highest BCUT2D eigenvalue weighted by Crippen LogP contribution is 2.20. The van der Waals surface area contributed by atoms with E-state index in [4.69, 9.17) is 4.74 Å². The summed E-state index contributed by atoms with van der Waals surface area (Å²) in [6, 6.07) is 4.18. The molecule has 1 saturated heterocycles. The Bertz CT molecular complexity index is 646. The number of benzene rings is 1. The van der Waals surface area contributed by atoms with Gasteiger partial charge in [-0.2, -0.15) is 0 Å². The second kappa shape index (κ2) is 8.17. The predicted molar refractivity (Wildman–Crippen MR) is 96.8 cm³/mol. The topological polar surface area (TPSA) is 58.6 Å². The first kappa shape index (κ1) is 19.7. The van der Waals surface area contributed by atoms with Crippen LogP contribution in [0.15, 0.2) is 22.7 Å². The summed E-state index contributed by atoms with van der Waals surface area (Å²) in [6.07, 6.45) is 1.35. The Hall–Kier alpha value is -1.63. The molecule has 1 aromatic carbocycles. The number of amides is 2. The number of nitrogens with zero attached hydrogens (tertiary/aromatic N) is 1. The van der Waals surface area contributed by atoms with E-state index >= 15 is 0 Å². The van der Waals surface area contributed by atoms with Crippen molar-refractivity contribution in [3.05, 3.63) is 34.1 Å². The zero-order valence-electron chi connectivity index (χ0n) is 14.8. The Labute approximate surface area is 156 Å². The molecule has 0 unspecified atom stereocenters. The van der Waals surface area contributed by atoms with Gasteiger partial charge in [0.15, 0.2) is 0 Å². The van der Waals surface area contributed by atoms with Gasteiger partial charge in [0.25, 0.3) is 0 Å². The molecule has 0 bridgehead atoms. The fraction of sp³-hybridized carbons (Fsp3) is 0.556. The monoisotopic (exact) mass is 414 g/mol. The van der Waals surface area contributed by atoms with Gasteiger partial charge in [0.2, 0.25) is 5.91 Å². The number of nitrogens with one attached hydrogen (secondary N) is 1. The Morgan fingerprint density at radius 2 is 2.12 bits per heavy atom. The maximum absolute atomic E-state index is 13.2. The largest absolute Gasteiger partial charge is 0.444 e. The minimum absolute atomic E-state index is 0.0389. The summed E-state index contributed by atoms with van der Waals surface area (Å²) in [6.45, 7) is 6.54. The zero-order valence-corrected chi connectivity index (χ0v) is 16.4. The molecule has 0 aliphatic carbocycles. The molecule has 25 heavy (non-hydrogen) atoms. The first-order valence-corrected chi connectivity index (χ1v) is 9.14. The number of ether oxygens (including phenoxy) is 1. The maximum atomic E-state index is 13.2. The summed E-state index contributed by atoms with van der Waals surface area (Å²) in [5, 5.41) is 2.83. The quantitative estimate of drug-likeness (QED) is 0.820. The molecule has 1 fully saturated rings. The number of rotatable bonds is 3. The number of likely N-dealkylation sites (tertiary alicyclic amines) is 1. The van der Waals surface area contributed by atoms with Crippen LogP contribution in [0.25, 0.3) is 0 Å². The molecular weight excluding hydrogens is 391 g/mol. The molecule has 2 rings (SSSR count). The van der Waals surface area contributed by atoms with Crippen molar-refractivity contribution < 1.29 is 18.7 Å². The molecule has 7 heteroatoms. The molecule has 0 radical (unpaired) electrons. The lowest BCUT2D eigenvalue weighted by Gasteiger charge is -2.33. The van der Waals surface area contributed by atoms with Gasteiger partial charge >= 0.3 is 6.09 Å². The van der Waals surface area contributed by atoms with Crippen LogP contribution in [0.4, 0.5) is 9.18 Å². The van der Waals surface area contributed by atoms with E-state index in [1.165, 1.54) is 12.1 Å². The van der Waals surface area contributed by atoms with Crippen molar-refractivity contribution in [2.45, 2.75) is 51.7 Å².